The average molecular weight is 268 g/mol. The summed E-state index contributed by atoms with van der Waals surface area (Å²) in [6.07, 6.45) is 1.74. The minimum atomic E-state index is -0.296. The average Bonchev–Trinajstić information content (AvgIpc) is 2.73. The minimum Gasteiger partial charge on any atom is -0.342 e. The van der Waals surface area contributed by atoms with Gasteiger partial charge in [0.2, 0.25) is 11.8 Å². The first kappa shape index (κ1) is 12.8. The summed E-state index contributed by atoms with van der Waals surface area (Å²) in [6, 6.07) is 3.29. The number of hydrogen-bond donors (Lipinski definition) is 1. The first-order chi connectivity index (χ1) is 8.60. The van der Waals surface area contributed by atoms with Gasteiger partial charge in [0.25, 0.3) is 0 Å². The monoisotopic (exact) mass is 267 g/mol. The molecular formula is C12H14ClN3O2. The van der Waals surface area contributed by atoms with Gasteiger partial charge in [0, 0.05) is 25.7 Å². The number of hydrogen-bond acceptors (Lipinski definition) is 3. The van der Waals surface area contributed by atoms with Crippen molar-refractivity contribution >= 4 is 29.2 Å². The molecule has 1 fully saturated rings. The highest BCUT2D eigenvalue weighted by atomic mass is 35.5. The van der Waals surface area contributed by atoms with Crippen molar-refractivity contribution in [2.75, 3.05) is 18.4 Å². The first-order valence-electron chi connectivity index (χ1n) is 5.80. The van der Waals surface area contributed by atoms with Crippen LogP contribution in [0.2, 0.25) is 5.02 Å². The Bertz CT molecular complexity index is 461. The Morgan fingerprint density at radius 2 is 2.39 bits per heavy atom. The Morgan fingerprint density at radius 1 is 1.61 bits per heavy atom. The Hall–Kier alpha value is -1.62. The quantitative estimate of drug-likeness (QED) is 0.904. The highest BCUT2D eigenvalue weighted by Crippen LogP contribution is 2.19. The van der Waals surface area contributed by atoms with E-state index in [0.717, 1.165) is 0 Å². The highest BCUT2D eigenvalue weighted by Gasteiger charge is 2.33. The summed E-state index contributed by atoms with van der Waals surface area (Å²) in [4.78, 5) is 29.1. The number of rotatable bonds is 3. The molecule has 0 aliphatic carbocycles. The van der Waals surface area contributed by atoms with E-state index in [9.17, 15) is 9.59 Å². The summed E-state index contributed by atoms with van der Waals surface area (Å²) in [5.41, 5.74) is 0. The van der Waals surface area contributed by atoms with Crippen LogP contribution in [0.5, 0.6) is 0 Å². The third kappa shape index (κ3) is 2.79. The van der Waals surface area contributed by atoms with Gasteiger partial charge in [0.1, 0.15) is 5.82 Å². The van der Waals surface area contributed by atoms with E-state index in [4.69, 9.17) is 11.6 Å². The lowest BCUT2D eigenvalue weighted by atomic mass is 10.1. The fourth-order valence-electron chi connectivity index (χ4n) is 1.93. The van der Waals surface area contributed by atoms with E-state index in [0.29, 0.717) is 23.9 Å². The molecule has 1 aromatic heterocycles. The maximum Gasteiger partial charge on any atom is 0.230 e. The van der Waals surface area contributed by atoms with Gasteiger partial charge >= 0.3 is 0 Å². The van der Waals surface area contributed by atoms with Gasteiger partial charge in [-0.2, -0.15) is 0 Å². The van der Waals surface area contributed by atoms with Gasteiger partial charge in [-0.25, -0.2) is 4.98 Å². The number of nitrogens with one attached hydrogen (secondary N) is 1. The zero-order chi connectivity index (χ0) is 13.1. The van der Waals surface area contributed by atoms with Gasteiger partial charge in [0.05, 0.1) is 10.9 Å². The lowest BCUT2D eigenvalue weighted by molar-refractivity contribution is -0.128. The SMILES string of the molecule is CCN1CC(C(=O)Nc2ccc(Cl)cn2)CC1=O. The Balaban J connectivity index is 1.97. The lowest BCUT2D eigenvalue weighted by Crippen LogP contribution is -2.28. The van der Waals surface area contributed by atoms with Crippen molar-refractivity contribution in [1.82, 2.24) is 9.88 Å². The molecule has 5 nitrogen and oxygen atoms in total. The predicted molar refractivity (Wildman–Crippen MR) is 68.2 cm³/mol. The molecule has 0 bridgehead atoms. The summed E-state index contributed by atoms with van der Waals surface area (Å²) in [7, 11) is 0. The molecule has 1 aliphatic heterocycles. The second-order valence-electron chi connectivity index (χ2n) is 4.18. The van der Waals surface area contributed by atoms with Crippen molar-refractivity contribution in [3.63, 3.8) is 0 Å². The molecule has 1 saturated heterocycles. The third-order valence-electron chi connectivity index (χ3n) is 2.95. The fraction of sp³-hybridized carbons (Fsp3) is 0.417. The summed E-state index contributed by atoms with van der Waals surface area (Å²) in [6.45, 7) is 3.02. The van der Waals surface area contributed by atoms with E-state index in [2.05, 4.69) is 10.3 Å². The number of aromatic nitrogens is 1. The van der Waals surface area contributed by atoms with E-state index in [1.807, 2.05) is 6.92 Å². The first-order valence-corrected chi connectivity index (χ1v) is 6.18. The molecule has 2 rings (SSSR count). The van der Waals surface area contributed by atoms with Crippen LogP contribution < -0.4 is 5.32 Å². The molecule has 2 heterocycles. The number of pyridine rings is 1. The number of carbonyl (C=O) groups is 2. The van der Waals surface area contributed by atoms with Gasteiger partial charge in [0.15, 0.2) is 0 Å². The van der Waals surface area contributed by atoms with Gasteiger partial charge in [-0.1, -0.05) is 11.6 Å². The molecular weight excluding hydrogens is 254 g/mol. The van der Waals surface area contributed by atoms with Crippen molar-refractivity contribution in [2.45, 2.75) is 13.3 Å². The van der Waals surface area contributed by atoms with Crippen molar-refractivity contribution in [3.8, 4) is 0 Å². The Morgan fingerprint density at radius 3 is 2.94 bits per heavy atom. The highest BCUT2D eigenvalue weighted by molar-refractivity contribution is 6.30. The molecule has 1 unspecified atom stereocenters. The lowest BCUT2D eigenvalue weighted by Gasteiger charge is -2.13. The molecule has 1 aromatic rings. The number of carbonyl (C=O) groups excluding carboxylic acids is 2. The summed E-state index contributed by atoms with van der Waals surface area (Å²) >= 11 is 5.71. The molecule has 2 amide bonds. The molecule has 1 N–H and O–H groups in total. The molecule has 0 aromatic carbocycles. The van der Waals surface area contributed by atoms with Crippen LogP contribution >= 0.6 is 11.6 Å². The van der Waals surface area contributed by atoms with Crippen LogP contribution in [0.15, 0.2) is 18.3 Å². The second kappa shape index (κ2) is 5.35. The van der Waals surface area contributed by atoms with Crippen LogP contribution in [0.4, 0.5) is 5.82 Å². The summed E-state index contributed by atoms with van der Waals surface area (Å²) in [5, 5.41) is 3.20. The molecule has 18 heavy (non-hydrogen) atoms. The largest absolute Gasteiger partial charge is 0.342 e. The van der Waals surface area contributed by atoms with Gasteiger partial charge in [-0.3, -0.25) is 9.59 Å². The van der Waals surface area contributed by atoms with Crippen LogP contribution in [0.3, 0.4) is 0 Å². The van der Waals surface area contributed by atoms with E-state index < -0.39 is 0 Å². The van der Waals surface area contributed by atoms with Gasteiger partial charge in [-0.15, -0.1) is 0 Å². The molecule has 1 aliphatic rings. The van der Waals surface area contributed by atoms with E-state index in [-0.39, 0.29) is 24.2 Å². The Kier molecular flexibility index (Phi) is 3.81. The number of anilines is 1. The van der Waals surface area contributed by atoms with E-state index in [1.54, 1.807) is 17.0 Å². The third-order valence-corrected chi connectivity index (χ3v) is 3.17. The van der Waals surface area contributed by atoms with Crippen molar-refractivity contribution < 1.29 is 9.59 Å². The van der Waals surface area contributed by atoms with Crippen LogP contribution in [0, 0.1) is 5.92 Å². The smallest absolute Gasteiger partial charge is 0.230 e. The van der Waals surface area contributed by atoms with Crippen molar-refractivity contribution in [2.24, 2.45) is 5.92 Å². The van der Waals surface area contributed by atoms with Crippen LogP contribution in [-0.4, -0.2) is 34.8 Å². The molecule has 1 atom stereocenters. The molecule has 0 spiro atoms. The number of likely N-dealkylation sites (tertiary alicyclic amines) is 1. The van der Waals surface area contributed by atoms with Crippen molar-refractivity contribution in [1.29, 1.82) is 0 Å². The van der Waals surface area contributed by atoms with Crippen LogP contribution in [0.25, 0.3) is 0 Å². The molecule has 0 saturated carbocycles. The van der Waals surface area contributed by atoms with E-state index >= 15 is 0 Å². The second-order valence-corrected chi connectivity index (χ2v) is 4.62. The van der Waals surface area contributed by atoms with Crippen LogP contribution in [0.1, 0.15) is 13.3 Å². The van der Waals surface area contributed by atoms with Crippen molar-refractivity contribution in [3.05, 3.63) is 23.4 Å². The maximum atomic E-state index is 11.9. The fourth-order valence-corrected chi connectivity index (χ4v) is 2.04. The summed E-state index contributed by atoms with van der Waals surface area (Å²) < 4.78 is 0. The topological polar surface area (TPSA) is 62.3 Å². The molecule has 6 heteroatoms. The maximum absolute atomic E-state index is 11.9. The number of amides is 2. The number of halogens is 1. The van der Waals surface area contributed by atoms with Gasteiger partial charge < -0.3 is 10.2 Å². The zero-order valence-corrected chi connectivity index (χ0v) is 10.8. The molecule has 0 radical (unpaired) electrons. The number of nitrogens with zero attached hydrogens (tertiary/aromatic N) is 2. The molecule has 96 valence electrons. The van der Waals surface area contributed by atoms with E-state index in [1.165, 1.54) is 6.20 Å². The normalized spacial score (nSPS) is 19.1. The van der Waals surface area contributed by atoms with Crippen LogP contribution in [-0.2, 0) is 9.59 Å². The summed E-state index contributed by atoms with van der Waals surface area (Å²) in [5.74, 6) is 0.0116. The Labute approximate surface area is 110 Å². The van der Waals surface area contributed by atoms with Gasteiger partial charge in [-0.05, 0) is 19.1 Å². The predicted octanol–water partition coefficient (Wildman–Crippen LogP) is 1.54. The zero-order valence-electron chi connectivity index (χ0n) is 10.0. The standard InChI is InChI=1S/C12H14ClN3O2/c1-2-16-7-8(5-11(16)17)12(18)15-10-4-3-9(13)6-14-10/h3-4,6,8H,2,5,7H2,1H3,(H,14,15,18). The minimum absolute atomic E-state index is 0.0294.